The first-order chi connectivity index (χ1) is 11.8. The number of halogens is 4. The molecule has 3 rings (SSSR count). The molecule has 0 aliphatic rings. The summed E-state index contributed by atoms with van der Waals surface area (Å²) in [4.78, 5) is 0. The van der Waals surface area contributed by atoms with Crippen molar-refractivity contribution in [3.05, 3.63) is 73.6 Å². The average Bonchev–Trinajstić information content (AvgIpc) is 2.81. The Morgan fingerprint density at radius 2 is 1.84 bits per heavy atom. The minimum absolute atomic E-state index is 0.389. The molecule has 7 heteroatoms. The van der Waals surface area contributed by atoms with Crippen molar-refractivity contribution in [2.24, 2.45) is 7.05 Å². The zero-order chi connectivity index (χ0) is 18.3. The lowest BCUT2D eigenvalue weighted by Gasteiger charge is -2.17. The number of nitrogens with zero attached hydrogens (tertiary/aromatic N) is 2. The highest BCUT2D eigenvalue weighted by Crippen LogP contribution is 2.41. The first-order valence-corrected chi connectivity index (χ1v) is 8.97. The molecule has 1 N–H and O–H groups in total. The van der Waals surface area contributed by atoms with Gasteiger partial charge in [-0.05, 0) is 36.8 Å². The number of aliphatic hydroxyl groups is 1. The minimum Gasteiger partial charge on any atom is -0.383 e. The van der Waals surface area contributed by atoms with E-state index in [2.05, 4.69) is 21.0 Å². The third kappa shape index (κ3) is 3.34. The Morgan fingerprint density at radius 1 is 1.20 bits per heavy atom. The van der Waals surface area contributed by atoms with Crippen molar-refractivity contribution in [3.8, 4) is 11.3 Å². The molecule has 0 amide bonds. The maximum atomic E-state index is 13.4. The molecule has 0 radical (unpaired) electrons. The van der Waals surface area contributed by atoms with Crippen LogP contribution in [-0.2, 0) is 7.05 Å². The Balaban J connectivity index is 2.24. The van der Waals surface area contributed by atoms with Gasteiger partial charge in [-0.25, -0.2) is 4.39 Å². The van der Waals surface area contributed by atoms with E-state index < -0.39 is 6.10 Å². The number of hydrogen-bond donors (Lipinski definition) is 1. The molecule has 2 aromatic carbocycles. The van der Waals surface area contributed by atoms with Gasteiger partial charge in [-0.15, -0.1) is 0 Å². The molecule has 0 aliphatic carbocycles. The van der Waals surface area contributed by atoms with Gasteiger partial charge in [0.25, 0.3) is 0 Å². The number of rotatable bonds is 3. The molecule has 0 spiro atoms. The summed E-state index contributed by atoms with van der Waals surface area (Å²) in [6.07, 6.45) is -1.02. The van der Waals surface area contributed by atoms with Gasteiger partial charge in [0.15, 0.2) is 0 Å². The van der Waals surface area contributed by atoms with Crippen molar-refractivity contribution >= 4 is 39.1 Å². The van der Waals surface area contributed by atoms with Crippen molar-refractivity contribution in [2.45, 2.75) is 13.0 Å². The summed E-state index contributed by atoms with van der Waals surface area (Å²) < 4.78 is 15.5. The highest BCUT2D eigenvalue weighted by Gasteiger charge is 2.27. The predicted octanol–water partition coefficient (Wildman–Crippen LogP) is 5.69. The largest absolute Gasteiger partial charge is 0.383 e. The van der Waals surface area contributed by atoms with E-state index in [9.17, 15) is 9.50 Å². The van der Waals surface area contributed by atoms with Crippen LogP contribution in [0.4, 0.5) is 4.39 Å². The van der Waals surface area contributed by atoms with Crippen LogP contribution in [0.25, 0.3) is 11.3 Å². The van der Waals surface area contributed by atoms with E-state index in [4.69, 9.17) is 23.2 Å². The molecule has 3 aromatic rings. The van der Waals surface area contributed by atoms with Crippen LogP contribution in [0.15, 0.2) is 40.9 Å². The Bertz CT molecular complexity index is 938. The van der Waals surface area contributed by atoms with Crippen LogP contribution in [-0.4, -0.2) is 14.9 Å². The van der Waals surface area contributed by atoms with E-state index in [0.29, 0.717) is 42.6 Å². The summed E-state index contributed by atoms with van der Waals surface area (Å²) >= 11 is 16.0. The van der Waals surface area contributed by atoms with Crippen molar-refractivity contribution in [3.63, 3.8) is 0 Å². The van der Waals surface area contributed by atoms with Gasteiger partial charge in [-0.1, -0.05) is 51.3 Å². The quantitative estimate of drug-likeness (QED) is 0.564. The van der Waals surface area contributed by atoms with Crippen LogP contribution < -0.4 is 0 Å². The van der Waals surface area contributed by atoms with Gasteiger partial charge in [0.2, 0.25) is 0 Å². The van der Waals surface area contributed by atoms with Crippen LogP contribution in [0, 0.1) is 12.7 Å². The highest BCUT2D eigenvalue weighted by atomic mass is 79.9. The summed E-state index contributed by atoms with van der Waals surface area (Å²) in [6, 6.07) is 9.37. The molecule has 1 unspecified atom stereocenters. The van der Waals surface area contributed by atoms with E-state index in [-0.39, 0.29) is 5.82 Å². The standard InChI is InChI=1S/C18H14BrCl2FN2O/c1-9-15(18(25)11-7-6-10(22)8-12(11)19)17(24(2)23-9)16-13(20)4-3-5-14(16)21/h3-8,18,25H,1-2H3. The number of benzene rings is 2. The fraction of sp³-hybridized carbons (Fsp3) is 0.167. The minimum atomic E-state index is -1.02. The fourth-order valence-corrected chi connectivity index (χ4v) is 4.05. The first-order valence-electron chi connectivity index (χ1n) is 7.42. The van der Waals surface area contributed by atoms with E-state index in [1.807, 2.05) is 0 Å². The number of aryl methyl sites for hydroxylation is 2. The van der Waals surface area contributed by atoms with E-state index in [1.54, 1.807) is 36.9 Å². The molecule has 0 bridgehead atoms. The third-order valence-electron chi connectivity index (χ3n) is 4.00. The molecule has 1 atom stereocenters. The van der Waals surface area contributed by atoms with Crippen molar-refractivity contribution in [2.75, 3.05) is 0 Å². The topological polar surface area (TPSA) is 38.0 Å². The van der Waals surface area contributed by atoms with E-state index in [1.165, 1.54) is 18.2 Å². The Hall–Kier alpha value is -1.40. The van der Waals surface area contributed by atoms with Gasteiger partial charge in [-0.2, -0.15) is 5.10 Å². The summed E-state index contributed by atoms with van der Waals surface area (Å²) in [7, 11) is 1.76. The van der Waals surface area contributed by atoms with Gasteiger partial charge in [0.1, 0.15) is 11.9 Å². The molecule has 3 nitrogen and oxygen atoms in total. The molecule has 0 saturated carbocycles. The van der Waals surface area contributed by atoms with Crippen LogP contribution in [0.5, 0.6) is 0 Å². The SMILES string of the molecule is Cc1nn(C)c(-c2c(Cl)cccc2Cl)c1C(O)c1ccc(F)cc1Br. The second-order valence-electron chi connectivity index (χ2n) is 5.64. The molecular formula is C18H14BrCl2FN2O. The smallest absolute Gasteiger partial charge is 0.124 e. The summed E-state index contributed by atoms with van der Waals surface area (Å²) in [5, 5.41) is 16.3. The summed E-state index contributed by atoms with van der Waals surface area (Å²) in [6.45, 7) is 1.80. The zero-order valence-corrected chi connectivity index (χ0v) is 16.5. The molecule has 0 saturated heterocycles. The number of aromatic nitrogens is 2. The van der Waals surface area contributed by atoms with Crippen molar-refractivity contribution in [1.82, 2.24) is 9.78 Å². The van der Waals surface area contributed by atoms with Crippen molar-refractivity contribution in [1.29, 1.82) is 0 Å². The average molecular weight is 444 g/mol. The second kappa shape index (κ2) is 7.08. The molecular weight excluding hydrogens is 430 g/mol. The lowest BCUT2D eigenvalue weighted by molar-refractivity contribution is 0.219. The van der Waals surface area contributed by atoms with E-state index >= 15 is 0 Å². The first kappa shape index (κ1) is 18.4. The molecule has 0 fully saturated rings. The highest BCUT2D eigenvalue weighted by molar-refractivity contribution is 9.10. The lowest BCUT2D eigenvalue weighted by Crippen LogP contribution is -2.05. The monoisotopic (exact) mass is 442 g/mol. The predicted molar refractivity (Wildman–Crippen MR) is 102 cm³/mol. The summed E-state index contributed by atoms with van der Waals surface area (Å²) in [5.41, 5.74) is 2.96. The van der Waals surface area contributed by atoms with Gasteiger partial charge < -0.3 is 5.11 Å². The Kier molecular flexibility index (Phi) is 5.21. The van der Waals surface area contributed by atoms with Gasteiger partial charge in [-0.3, -0.25) is 4.68 Å². The van der Waals surface area contributed by atoms with Gasteiger partial charge in [0.05, 0.1) is 21.4 Å². The molecule has 25 heavy (non-hydrogen) atoms. The van der Waals surface area contributed by atoms with Gasteiger partial charge >= 0.3 is 0 Å². The third-order valence-corrected chi connectivity index (χ3v) is 5.32. The summed E-state index contributed by atoms with van der Waals surface area (Å²) in [5.74, 6) is -0.389. The number of aliphatic hydroxyl groups excluding tert-OH is 1. The fourth-order valence-electron chi connectivity index (χ4n) is 2.90. The molecule has 0 aliphatic heterocycles. The van der Waals surface area contributed by atoms with Crippen molar-refractivity contribution < 1.29 is 9.50 Å². The van der Waals surface area contributed by atoms with Gasteiger partial charge in [0, 0.05) is 22.6 Å². The Labute approximate surface area is 163 Å². The Morgan fingerprint density at radius 3 is 2.44 bits per heavy atom. The van der Waals surface area contributed by atoms with Crippen LogP contribution in [0.3, 0.4) is 0 Å². The van der Waals surface area contributed by atoms with Crippen LogP contribution in [0.1, 0.15) is 22.9 Å². The van der Waals surface area contributed by atoms with E-state index in [0.717, 1.165) is 0 Å². The zero-order valence-electron chi connectivity index (χ0n) is 13.4. The van der Waals surface area contributed by atoms with Crippen LogP contribution >= 0.6 is 39.1 Å². The number of hydrogen-bond acceptors (Lipinski definition) is 2. The second-order valence-corrected chi connectivity index (χ2v) is 7.31. The normalized spacial score (nSPS) is 12.4. The lowest BCUT2D eigenvalue weighted by atomic mass is 9.96. The molecule has 1 heterocycles. The molecule has 130 valence electrons. The maximum Gasteiger partial charge on any atom is 0.124 e. The maximum absolute atomic E-state index is 13.4. The van der Waals surface area contributed by atoms with Crippen LogP contribution in [0.2, 0.25) is 10.0 Å². The molecule has 1 aromatic heterocycles.